The third kappa shape index (κ3) is 5.20. The first-order valence-electron chi connectivity index (χ1n) is 8.04. The van der Waals surface area contributed by atoms with Crippen molar-refractivity contribution in [3.63, 3.8) is 0 Å². The van der Waals surface area contributed by atoms with E-state index < -0.39 is 0 Å². The van der Waals surface area contributed by atoms with Gasteiger partial charge in [-0.15, -0.1) is 11.8 Å². The maximum absolute atomic E-state index is 5.99. The first-order valence-corrected chi connectivity index (χ1v) is 9.27. The quantitative estimate of drug-likeness (QED) is 0.671. The third-order valence-electron chi connectivity index (χ3n) is 4.05. The standard InChI is InChI=1S/C17H31N3S/c1-5-19(6-2)12-9-13-20(7-3)16-10-8-11-17(21-4)15(16)14-18/h8,10-11H,5-7,9,12-14,18H2,1-4H3. The van der Waals surface area contributed by atoms with Crippen LogP contribution in [0, 0.1) is 0 Å². The van der Waals surface area contributed by atoms with Gasteiger partial charge in [-0.25, -0.2) is 0 Å². The van der Waals surface area contributed by atoms with Crippen molar-refractivity contribution in [3.8, 4) is 0 Å². The van der Waals surface area contributed by atoms with Gasteiger partial charge in [-0.3, -0.25) is 0 Å². The summed E-state index contributed by atoms with van der Waals surface area (Å²) in [6, 6.07) is 6.52. The lowest BCUT2D eigenvalue weighted by Gasteiger charge is -2.28. The molecule has 4 heteroatoms. The van der Waals surface area contributed by atoms with E-state index in [9.17, 15) is 0 Å². The number of hydrogen-bond donors (Lipinski definition) is 1. The van der Waals surface area contributed by atoms with Crippen LogP contribution in [0.25, 0.3) is 0 Å². The van der Waals surface area contributed by atoms with Gasteiger partial charge >= 0.3 is 0 Å². The normalized spacial score (nSPS) is 11.1. The molecular formula is C17H31N3S. The van der Waals surface area contributed by atoms with E-state index >= 15 is 0 Å². The van der Waals surface area contributed by atoms with E-state index in [-0.39, 0.29) is 0 Å². The van der Waals surface area contributed by atoms with Crippen molar-refractivity contribution in [2.75, 3.05) is 43.9 Å². The van der Waals surface area contributed by atoms with Gasteiger partial charge in [0.1, 0.15) is 0 Å². The molecule has 21 heavy (non-hydrogen) atoms. The zero-order valence-corrected chi connectivity index (χ0v) is 14.9. The Bertz CT molecular complexity index is 405. The highest BCUT2D eigenvalue weighted by molar-refractivity contribution is 7.98. The van der Waals surface area contributed by atoms with Crippen molar-refractivity contribution in [1.29, 1.82) is 0 Å². The van der Waals surface area contributed by atoms with Gasteiger partial charge in [0.15, 0.2) is 0 Å². The van der Waals surface area contributed by atoms with Crippen LogP contribution in [0.3, 0.4) is 0 Å². The summed E-state index contributed by atoms with van der Waals surface area (Å²) < 4.78 is 0. The molecule has 3 nitrogen and oxygen atoms in total. The molecule has 0 fully saturated rings. The van der Waals surface area contributed by atoms with Crippen LogP contribution in [0.5, 0.6) is 0 Å². The second-order valence-electron chi connectivity index (χ2n) is 5.12. The van der Waals surface area contributed by atoms with Crippen LogP contribution < -0.4 is 10.6 Å². The molecule has 0 atom stereocenters. The average molecular weight is 310 g/mol. The maximum Gasteiger partial charge on any atom is 0.0422 e. The molecule has 0 aliphatic rings. The number of benzene rings is 1. The van der Waals surface area contributed by atoms with E-state index in [0.29, 0.717) is 6.54 Å². The lowest BCUT2D eigenvalue weighted by Crippen LogP contribution is -2.30. The van der Waals surface area contributed by atoms with Crippen molar-refractivity contribution in [3.05, 3.63) is 23.8 Å². The molecule has 0 aliphatic carbocycles. The smallest absolute Gasteiger partial charge is 0.0422 e. The SMILES string of the molecule is CCN(CC)CCCN(CC)c1cccc(SC)c1CN. The molecule has 1 rings (SSSR count). The van der Waals surface area contributed by atoms with E-state index in [1.165, 1.54) is 29.1 Å². The zero-order valence-electron chi connectivity index (χ0n) is 14.1. The fourth-order valence-corrected chi connectivity index (χ4v) is 3.37. The van der Waals surface area contributed by atoms with Gasteiger partial charge in [-0.1, -0.05) is 19.9 Å². The van der Waals surface area contributed by atoms with Crippen LogP contribution in [0.1, 0.15) is 32.8 Å². The predicted octanol–water partition coefficient (Wildman–Crippen LogP) is 3.43. The Labute approximate surface area is 134 Å². The summed E-state index contributed by atoms with van der Waals surface area (Å²) >= 11 is 1.78. The van der Waals surface area contributed by atoms with Gasteiger partial charge in [0.25, 0.3) is 0 Å². The predicted molar refractivity (Wildman–Crippen MR) is 96.4 cm³/mol. The average Bonchev–Trinajstić information content (AvgIpc) is 2.54. The first-order chi connectivity index (χ1) is 10.2. The molecular weight excluding hydrogens is 278 g/mol. The second-order valence-corrected chi connectivity index (χ2v) is 5.97. The molecule has 0 unspecified atom stereocenters. The van der Waals surface area contributed by atoms with Gasteiger partial charge in [0.2, 0.25) is 0 Å². The fraction of sp³-hybridized carbons (Fsp3) is 0.647. The van der Waals surface area contributed by atoms with Crippen molar-refractivity contribution < 1.29 is 0 Å². The maximum atomic E-state index is 5.99. The van der Waals surface area contributed by atoms with Crippen molar-refractivity contribution in [2.45, 2.75) is 38.6 Å². The molecule has 1 aromatic carbocycles. The zero-order chi connectivity index (χ0) is 15.7. The highest BCUT2D eigenvalue weighted by atomic mass is 32.2. The molecule has 1 aromatic rings. The number of anilines is 1. The Hall–Kier alpha value is -0.710. The minimum Gasteiger partial charge on any atom is -0.371 e. The van der Waals surface area contributed by atoms with Crippen LogP contribution in [0.2, 0.25) is 0 Å². The molecule has 120 valence electrons. The van der Waals surface area contributed by atoms with Gasteiger partial charge in [-0.2, -0.15) is 0 Å². The fourth-order valence-electron chi connectivity index (χ4n) is 2.72. The summed E-state index contributed by atoms with van der Waals surface area (Å²) in [5.74, 6) is 0. The summed E-state index contributed by atoms with van der Waals surface area (Å²) in [5.41, 5.74) is 8.59. The van der Waals surface area contributed by atoms with E-state index in [1.54, 1.807) is 11.8 Å². The molecule has 0 aromatic heterocycles. The lowest BCUT2D eigenvalue weighted by molar-refractivity contribution is 0.300. The molecule has 0 amide bonds. The lowest BCUT2D eigenvalue weighted by atomic mass is 10.1. The minimum atomic E-state index is 0.610. The van der Waals surface area contributed by atoms with Crippen LogP contribution in [-0.4, -0.2) is 43.9 Å². The Morgan fingerprint density at radius 3 is 2.29 bits per heavy atom. The van der Waals surface area contributed by atoms with E-state index in [4.69, 9.17) is 5.73 Å². The molecule has 0 spiro atoms. The Kier molecular flexibility index (Phi) is 8.81. The number of thioether (sulfide) groups is 1. The van der Waals surface area contributed by atoms with Crippen LogP contribution in [0.4, 0.5) is 5.69 Å². The molecule has 0 heterocycles. The molecule has 2 N–H and O–H groups in total. The van der Waals surface area contributed by atoms with E-state index in [2.05, 4.69) is 55.0 Å². The van der Waals surface area contributed by atoms with Gasteiger partial charge in [0.05, 0.1) is 0 Å². The Balaban J connectivity index is 2.76. The highest BCUT2D eigenvalue weighted by Crippen LogP contribution is 2.29. The van der Waals surface area contributed by atoms with Gasteiger partial charge in [-0.05, 0) is 51.4 Å². The third-order valence-corrected chi connectivity index (χ3v) is 4.87. The van der Waals surface area contributed by atoms with Crippen LogP contribution in [-0.2, 0) is 6.54 Å². The molecule has 0 saturated heterocycles. The minimum absolute atomic E-state index is 0.610. The molecule has 0 bridgehead atoms. The molecule has 0 radical (unpaired) electrons. The monoisotopic (exact) mass is 309 g/mol. The van der Waals surface area contributed by atoms with Crippen molar-refractivity contribution in [1.82, 2.24) is 4.90 Å². The Morgan fingerprint density at radius 2 is 1.76 bits per heavy atom. The van der Waals surface area contributed by atoms with Crippen molar-refractivity contribution >= 4 is 17.4 Å². The summed E-state index contributed by atoms with van der Waals surface area (Å²) in [6.07, 6.45) is 3.32. The molecule has 0 saturated carbocycles. The van der Waals surface area contributed by atoms with Crippen molar-refractivity contribution in [2.24, 2.45) is 5.73 Å². The van der Waals surface area contributed by atoms with E-state index in [0.717, 1.165) is 26.2 Å². The number of rotatable bonds is 10. The summed E-state index contributed by atoms with van der Waals surface area (Å²) in [4.78, 5) is 6.25. The summed E-state index contributed by atoms with van der Waals surface area (Å²) in [5, 5.41) is 0. The summed E-state index contributed by atoms with van der Waals surface area (Å²) in [6.45, 7) is 12.9. The van der Waals surface area contributed by atoms with Gasteiger partial charge in [0, 0.05) is 35.8 Å². The number of nitrogens with two attached hydrogens (primary N) is 1. The van der Waals surface area contributed by atoms with E-state index in [1.807, 2.05) is 0 Å². The van der Waals surface area contributed by atoms with Crippen LogP contribution in [0.15, 0.2) is 23.1 Å². The first kappa shape index (κ1) is 18.3. The number of nitrogens with zero attached hydrogens (tertiary/aromatic N) is 2. The Morgan fingerprint density at radius 1 is 1.05 bits per heavy atom. The molecule has 0 aliphatic heterocycles. The topological polar surface area (TPSA) is 32.5 Å². The number of hydrogen-bond acceptors (Lipinski definition) is 4. The largest absolute Gasteiger partial charge is 0.371 e. The summed E-state index contributed by atoms with van der Waals surface area (Å²) in [7, 11) is 0. The van der Waals surface area contributed by atoms with Crippen LogP contribution >= 0.6 is 11.8 Å². The van der Waals surface area contributed by atoms with Gasteiger partial charge < -0.3 is 15.5 Å². The highest BCUT2D eigenvalue weighted by Gasteiger charge is 2.12. The second kappa shape index (κ2) is 10.1.